The van der Waals surface area contributed by atoms with Crippen molar-refractivity contribution < 1.29 is 5.11 Å². The first-order valence-electron chi connectivity index (χ1n) is 5.73. The Labute approximate surface area is 105 Å². The molecule has 1 unspecified atom stereocenters. The molecule has 2 aromatic rings. The molecule has 0 aliphatic carbocycles. The normalized spacial score (nSPS) is 12.9. The molecule has 0 aromatic carbocycles. The maximum absolute atomic E-state index is 10.2. The summed E-state index contributed by atoms with van der Waals surface area (Å²) >= 11 is 1.65. The van der Waals surface area contributed by atoms with Gasteiger partial charge in [-0.3, -0.25) is 4.68 Å². The number of aryl methyl sites for hydroxylation is 3. The number of rotatable bonds is 4. The smallest absolute Gasteiger partial charge is 0.138 e. The highest BCUT2D eigenvalue weighted by Gasteiger charge is 2.15. The summed E-state index contributed by atoms with van der Waals surface area (Å²) in [4.78, 5) is 6.44. The second kappa shape index (κ2) is 4.98. The van der Waals surface area contributed by atoms with E-state index in [1.165, 1.54) is 16.8 Å². The van der Waals surface area contributed by atoms with E-state index in [0.29, 0.717) is 6.42 Å². The Bertz CT molecular complexity index is 484. The van der Waals surface area contributed by atoms with Crippen LogP contribution in [-0.2, 0) is 13.0 Å². The van der Waals surface area contributed by atoms with Crippen molar-refractivity contribution >= 4 is 11.3 Å². The summed E-state index contributed by atoms with van der Waals surface area (Å²) in [5.41, 5.74) is 1.24. The van der Waals surface area contributed by atoms with E-state index in [1.54, 1.807) is 11.3 Å². The highest BCUT2D eigenvalue weighted by Crippen LogP contribution is 2.28. The van der Waals surface area contributed by atoms with Crippen LogP contribution in [0.4, 0.5) is 0 Å². The first-order valence-corrected chi connectivity index (χ1v) is 6.55. The van der Waals surface area contributed by atoms with Crippen LogP contribution >= 0.6 is 11.3 Å². The molecule has 0 aliphatic rings. The fraction of sp³-hybridized carbons (Fsp3) is 0.500. The quantitative estimate of drug-likeness (QED) is 0.906. The van der Waals surface area contributed by atoms with Crippen molar-refractivity contribution in [1.82, 2.24) is 14.8 Å². The van der Waals surface area contributed by atoms with E-state index < -0.39 is 6.10 Å². The third-order valence-electron chi connectivity index (χ3n) is 2.88. The molecular weight excluding hydrogens is 234 g/mol. The van der Waals surface area contributed by atoms with Crippen molar-refractivity contribution in [3.63, 3.8) is 0 Å². The SMILES string of the molecule is CCn1ncnc1CC(O)c1cc(C)c(C)s1. The van der Waals surface area contributed by atoms with Gasteiger partial charge in [0.05, 0.1) is 6.10 Å². The zero-order valence-electron chi connectivity index (χ0n) is 10.3. The van der Waals surface area contributed by atoms with Gasteiger partial charge in [-0.15, -0.1) is 11.3 Å². The lowest BCUT2D eigenvalue weighted by atomic mass is 10.2. The van der Waals surface area contributed by atoms with E-state index in [-0.39, 0.29) is 0 Å². The number of aromatic nitrogens is 3. The summed E-state index contributed by atoms with van der Waals surface area (Å²) in [5.74, 6) is 0.837. The molecule has 1 N–H and O–H groups in total. The molecule has 4 nitrogen and oxygen atoms in total. The standard InChI is InChI=1S/C12H17N3OS/c1-4-15-12(13-7-14-15)6-10(16)11-5-8(2)9(3)17-11/h5,7,10,16H,4,6H2,1-3H3. The Kier molecular flexibility index (Phi) is 3.59. The van der Waals surface area contributed by atoms with Crippen LogP contribution in [-0.4, -0.2) is 19.9 Å². The molecule has 92 valence electrons. The summed E-state index contributed by atoms with van der Waals surface area (Å²) in [6, 6.07) is 2.05. The van der Waals surface area contributed by atoms with Gasteiger partial charge in [-0.25, -0.2) is 4.98 Å². The van der Waals surface area contributed by atoms with Crippen molar-refractivity contribution in [3.05, 3.63) is 33.5 Å². The zero-order valence-corrected chi connectivity index (χ0v) is 11.2. The zero-order chi connectivity index (χ0) is 12.4. The lowest BCUT2D eigenvalue weighted by molar-refractivity contribution is 0.178. The van der Waals surface area contributed by atoms with Gasteiger partial charge in [0.25, 0.3) is 0 Å². The van der Waals surface area contributed by atoms with Gasteiger partial charge in [-0.2, -0.15) is 5.10 Å². The van der Waals surface area contributed by atoms with Crippen LogP contribution in [0.1, 0.15) is 34.2 Å². The predicted octanol–water partition coefficient (Wildman–Crippen LogP) is 2.25. The van der Waals surface area contributed by atoms with E-state index >= 15 is 0 Å². The molecule has 2 aromatic heterocycles. The fourth-order valence-corrected chi connectivity index (χ4v) is 2.78. The van der Waals surface area contributed by atoms with Crippen LogP contribution in [0.25, 0.3) is 0 Å². The van der Waals surface area contributed by atoms with Crippen molar-refractivity contribution in [1.29, 1.82) is 0 Å². The molecule has 0 bridgehead atoms. The Morgan fingerprint density at radius 2 is 2.24 bits per heavy atom. The minimum absolute atomic E-state index is 0.484. The second-order valence-corrected chi connectivity index (χ2v) is 5.39. The van der Waals surface area contributed by atoms with Gasteiger partial charge < -0.3 is 5.11 Å². The van der Waals surface area contributed by atoms with Crippen LogP contribution in [0, 0.1) is 13.8 Å². The molecule has 0 saturated carbocycles. The Morgan fingerprint density at radius 3 is 2.82 bits per heavy atom. The molecule has 0 fully saturated rings. The Morgan fingerprint density at radius 1 is 1.47 bits per heavy atom. The third-order valence-corrected chi connectivity index (χ3v) is 4.14. The van der Waals surface area contributed by atoms with E-state index in [1.807, 2.05) is 11.6 Å². The van der Waals surface area contributed by atoms with Crippen molar-refractivity contribution in [2.75, 3.05) is 0 Å². The molecule has 0 radical (unpaired) electrons. The maximum atomic E-state index is 10.2. The number of nitrogens with zero attached hydrogens (tertiary/aromatic N) is 3. The Balaban J connectivity index is 2.14. The van der Waals surface area contributed by atoms with Gasteiger partial charge in [0.15, 0.2) is 0 Å². The number of hydrogen-bond donors (Lipinski definition) is 1. The second-order valence-electron chi connectivity index (χ2n) is 4.10. The van der Waals surface area contributed by atoms with Gasteiger partial charge in [0.2, 0.25) is 0 Å². The van der Waals surface area contributed by atoms with E-state index in [4.69, 9.17) is 0 Å². The average molecular weight is 251 g/mol. The summed E-state index contributed by atoms with van der Waals surface area (Å²) in [5, 5.41) is 14.3. The minimum Gasteiger partial charge on any atom is -0.387 e. The molecule has 0 saturated heterocycles. The molecule has 2 rings (SSSR count). The largest absolute Gasteiger partial charge is 0.387 e. The molecule has 17 heavy (non-hydrogen) atoms. The van der Waals surface area contributed by atoms with Crippen LogP contribution in [0.5, 0.6) is 0 Å². The number of hydrogen-bond acceptors (Lipinski definition) is 4. The third kappa shape index (κ3) is 2.56. The summed E-state index contributed by atoms with van der Waals surface area (Å²) in [6.07, 6.45) is 1.57. The monoisotopic (exact) mass is 251 g/mol. The summed E-state index contributed by atoms with van der Waals surface area (Å²) < 4.78 is 1.82. The summed E-state index contributed by atoms with van der Waals surface area (Å²) in [7, 11) is 0. The average Bonchev–Trinajstić information content (AvgIpc) is 2.86. The maximum Gasteiger partial charge on any atom is 0.138 e. The number of aliphatic hydroxyl groups excluding tert-OH is 1. The highest BCUT2D eigenvalue weighted by molar-refractivity contribution is 7.12. The highest BCUT2D eigenvalue weighted by atomic mass is 32.1. The lowest BCUT2D eigenvalue weighted by Gasteiger charge is -2.08. The molecule has 5 heteroatoms. The van der Waals surface area contributed by atoms with Crippen LogP contribution < -0.4 is 0 Å². The van der Waals surface area contributed by atoms with Gasteiger partial charge in [-0.1, -0.05) is 0 Å². The first-order chi connectivity index (χ1) is 8.11. The summed E-state index contributed by atoms with van der Waals surface area (Å²) in [6.45, 7) is 6.94. The number of thiophene rings is 1. The van der Waals surface area contributed by atoms with E-state index in [0.717, 1.165) is 17.2 Å². The topological polar surface area (TPSA) is 50.9 Å². The van der Waals surface area contributed by atoms with Crippen molar-refractivity contribution in [2.45, 2.75) is 39.8 Å². The lowest BCUT2D eigenvalue weighted by Crippen LogP contribution is -2.08. The number of aliphatic hydroxyl groups is 1. The Hall–Kier alpha value is -1.20. The molecule has 0 spiro atoms. The van der Waals surface area contributed by atoms with Gasteiger partial charge in [0, 0.05) is 22.7 Å². The van der Waals surface area contributed by atoms with Crippen LogP contribution in [0.2, 0.25) is 0 Å². The van der Waals surface area contributed by atoms with Crippen molar-refractivity contribution in [2.24, 2.45) is 0 Å². The predicted molar refractivity (Wildman–Crippen MR) is 68.2 cm³/mol. The molecule has 1 atom stereocenters. The van der Waals surface area contributed by atoms with Crippen LogP contribution in [0.3, 0.4) is 0 Å². The fourth-order valence-electron chi connectivity index (χ4n) is 1.75. The molecule has 0 amide bonds. The van der Waals surface area contributed by atoms with E-state index in [9.17, 15) is 5.11 Å². The van der Waals surface area contributed by atoms with Gasteiger partial charge >= 0.3 is 0 Å². The van der Waals surface area contributed by atoms with Gasteiger partial charge in [0.1, 0.15) is 12.2 Å². The van der Waals surface area contributed by atoms with Gasteiger partial charge in [-0.05, 0) is 32.4 Å². The molecule has 0 aliphatic heterocycles. The van der Waals surface area contributed by atoms with Crippen LogP contribution in [0.15, 0.2) is 12.4 Å². The minimum atomic E-state index is -0.484. The molecular formula is C12H17N3OS. The van der Waals surface area contributed by atoms with E-state index in [2.05, 4.69) is 30.0 Å². The first kappa shape index (κ1) is 12.3. The molecule has 2 heterocycles. The van der Waals surface area contributed by atoms with Crippen molar-refractivity contribution in [3.8, 4) is 0 Å².